The largest absolute Gasteiger partial charge is 0.324 e. The molecule has 4 aromatic rings. The molecule has 8 heteroatoms. The molecule has 0 atom stereocenters. The first-order chi connectivity index (χ1) is 18.4. The fourth-order valence-corrected chi connectivity index (χ4v) is 5.44. The summed E-state index contributed by atoms with van der Waals surface area (Å²) in [5.74, 6) is -1.36. The highest BCUT2D eigenvalue weighted by atomic mass is 32.2. The lowest BCUT2D eigenvalue weighted by atomic mass is 9.86. The minimum absolute atomic E-state index is 0.00722. The molecule has 200 valence electrons. The molecule has 0 aliphatic carbocycles. The van der Waals surface area contributed by atoms with Crippen molar-refractivity contribution in [1.82, 2.24) is 0 Å². The van der Waals surface area contributed by atoms with E-state index in [0.29, 0.717) is 16.8 Å². The third-order valence-corrected chi connectivity index (χ3v) is 7.94. The number of amides is 1. The van der Waals surface area contributed by atoms with Crippen LogP contribution in [0.3, 0.4) is 0 Å². The number of halogens is 1. The van der Waals surface area contributed by atoms with Gasteiger partial charge in [-0.25, -0.2) is 12.8 Å². The van der Waals surface area contributed by atoms with Crippen molar-refractivity contribution in [3.8, 4) is 0 Å². The summed E-state index contributed by atoms with van der Waals surface area (Å²) in [6.45, 7) is 5.73. The molecule has 0 heterocycles. The number of ketones is 1. The molecule has 0 fully saturated rings. The van der Waals surface area contributed by atoms with E-state index >= 15 is 0 Å². The maximum atomic E-state index is 13.5. The van der Waals surface area contributed by atoms with Gasteiger partial charge in [-0.1, -0.05) is 75.4 Å². The molecule has 4 aromatic carbocycles. The van der Waals surface area contributed by atoms with Crippen molar-refractivity contribution in [3.63, 3.8) is 0 Å². The minimum Gasteiger partial charge on any atom is -0.324 e. The van der Waals surface area contributed by atoms with Gasteiger partial charge >= 0.3 is 0 Å². The Morgan fingerprint density at radius 3 is 2.05 bits per heavy atom. The van der Waals surface area contributed by atoms with Crippen molar-refractivity contribution in [2.24, 2.45) is 0 Å². The number of benzene rings is 4. The maximum absolute atomic E-state index is 13.5. The molecule has 6 nitrogen and oxygen atoms in total. The highest BCUT2D eigenvalue weighted by Crippen LogP contribution is 2.25. The number of carbonyl (C=O) groups is 2. The first-order valence-electron chi connectivity index (χ1n) is 12.3. The summed E-state index contributed by atoms with van der Waals surface area (Å²) >= 11 is 0. The van der Waals surface area contributed by atoms with Crippen LogP contribution in [0.25, 0.3) is 0 Å². The van der Waals surface area contributed by atoms with Crippen molar-refractivity contribution >= 4 is 33.1 Å². The van der Waals surface area contributed by atoms with Gasteiger partial charge in [0.15, 0.2) is 5.78 Å². The lowest BCUT2D eigenvalue weighted by Gasteiger charge is -2.24. The number of anilines is 2. The maximum Gasteiger partial charge on any atom is 0.264 e. The topological polar surface area (TPSA) is 83.6 Å². The van der Waals surface area contributed by atoms with Gasteiger partial charge in [0.05, 0.1) is 10.6 Å². The second-order valence-electron chi connectivity index (χ2n) is 10.1. The summed E-state index contributed by atoms with van der Waals surface area (Å²) in [6, 6.07) is 26.4. The van der Waals surface area contributed by atoms with Gasteiger partial charge in [-0.15, -0.1) is 0 Å². The third kappa shape index (κ3) is 6.59. The Morgan fingerprint density at radius 1 is 0.795 bits per heavy atom. The standard InChI is InChI=1S/C31H29FN2O4S/c1-31(2,3)24-14-12-22(13-15-24)30(36)23-8-7-9-26(20-23)33-29(35)21-34(27-18-16-25(32)17-19-27)39(37,38)28-10-5-4-6-11-28/h4-20H,21H2,1-3H3,(H,33,35). The average Bonchev–Trinajstić information content (AvgIpc) is 2.92. The molecule has 1 N–H and O–H groups in total. The molecule has 0 unspecified atom stereocenters. The molecule has 0 spiro atoms. The molecule has 39 heavy (non-hydrogen) atoms. The fourth-order valence-electron chi connectivity index (χ4n) is 4.00. The van der Waals surface area contributed by atoms with Gasteiger partial charge in [-0.2, -0.15) is 0 Å². The predicted molar refractivity (Wildman–Crippen MR) is 151 cm³/mol. The summed E-state index contributed by atoms with van der Waals surface area (Å²) in [5, 5.41) is 2.68. The molecule has 4 rings (SSSR count). The Labute approximate surface area is 228 Å². The number of hydrogen-bond acceptors (Lipinski definition) is 4. The van der Waals surface area contributed by atoms with Crippen molar-refractivity contribution in [2.45, 2.75) is 31.1 Å². The van der Waals surface area contributed by atoms with Crippen molar-refractivity contribution in [3.05, 3.63) is 126 Å². The van der Waals surface area contributed by atoms with E-state index in [4.69, 9.17) is 0 Å². The minimum atomic E-state index is -4.13. The van der Waals surface area contributed by atoms with Gasteiger partial charge in [0, 0.05) is 16.8 Å². The number of sulfonamides is 1. The SMILES string of the molecule is CC(C)(C)c1ccc(C(=O)c2cccc(NC(=O)CN(c3ccc(F)cc3)S(=O)(=O)c3ccccc3)c2)cc1. The van der Waals surface area contributed by atoms with Crippen LogP contribution in [0.2, 0.25) is 0 Å². The van der Waals surface area contributed by atoms with Crippen LogP contribution in [0.4, 0.5) is 15.8 Å². The zero-order valence-electron chi connectivity index (χ0n) is 21.9. The van der Waals surface area contributed by atoms with E-state index in [1.807, 2.05) is 12.1 Å². The van der Waals surface area contributed by atoms with Crippen LogP contribution in [0, 0.1) is 5.82 Å². The number of rotatable bonds is 8. The lowest BCUT2D eigenvalue weighted by molar-refractivity contribution is -0.114. The van der Waals surface area contributed by atoms with Crippen LogP contribution in [-0.4, -0.2) is 26.7 Å². The summed E-state index contributed by atoms with van der Waals surface area (Å²) in [7, 11) is -4.13. The van der Waals surface area contributed by atoms with Crippen molar-refractivity contribution in [1.29, 1.82) is 0 Å². The van der Waals surface area contributed by atoms with Crippen molar-refractivity contribution in [2.75, 3.05) is 16.2 Å². The molecule has 0 saturated carbocycles. The molecule has 0 bridgehead atoms. The first-order valence-corrected chi connectivity index (χ1v) is 13.8. The number of nitrogens with zero attached hydrogens (tertiary/aromatic N) is 1. The number of hydrogen-bond donors (Lipinski definition) is 1. The Balaban J connectivity index is 1.55. The van der Waals surface area contributed by atoms with Crippen LogP contribution in [0.5, 0.6) is 0 Å². The van der Waals surface area contributed by atoms with Gasteiger partial charge in [0.2, 0.25) is 5.91 Å². The Morgan fingerprint density at radius 2 is 1.44 bits per heavy atom. The second-order valence-corrected chi connectivity index (χ2v) is 11.9. The zero-order chi connectivity index (χ0) is 28.2. The Kier molecular flexibility index (Phi) is 7.97. The smallest absolute Gasteiger partial charge is 0.264 e. The predicted octanol–water partition coefficient (Wildman–Crippen LogP) is 6.19. The van der Waals surface area contributed by atoms with E-state index in [0.717, 1.165) is 22.0 Å². The normalized spacial score (nSPS) is 11.6. The molecule has 0 aliphatic rings. The van der Waals surface area contributed by atoms with Crippen LogP contribution in [0.1, 0.15) is 42.3 Å². The summed E-state index contributed by atoms with van der Waals surface area (Å²) < 4.78 is 41.3. The van der Waals surface area contributed by atoms with Crippen molar-refractivity contribution < 1.29 is 22.4 Å². The van der Waals surface area contributed by atoms with Gasteiger partial charge < -0.3 is 5.32 Å². The molecule has 0 aliphatic heterocycles. The summed E-state index contributed by atoms with van der Waals surface area (Å²) in [5.41, 5.74) is 2.44. The summed E-state index contributed by atoms with van der Waals surface area (Å²) in [6.07, 6.45) is 0. The molecule has 0 saturated heterocycles. The molecular weight excluding hydrogens is 515 g/mol. The van der Waals surface area contributed by atoms with E-state index in [9.17, 15) is 22.4 Å². The Bertz CT molecular complexity index is 1580. The van der Waals surface area contributed by atoms with E-state index in [1.54, 1.807) is 54.6 Å². The number of nitrogens with one attached hydrogen (secondary N) is 1. The molecular formula is C31H29FN2O4S. The second kappa shape index (κ2) is 11.2. The van der Waals surface area contributed by atoms with Crippen LogP contribution < -0.4 is 9.62 Å². The molecule has 1 amide bonds. The lowest BCUT2D eigenvalue weighted by Crippen LogP contribution is -2.38. The van der Waals surface area contributed by atoms with E-state index in [2.05, 4.69) is 26.1 Å². The molecule has 0 aromatic heterocycles. The zero-order valence-corrected chi connectivity index (χ0v) is 22.7. The van der Waals surface area contributed by atoms with Gasteiger partial charge in [0.25, 0.3) is 10.0 Å². The highest BCUT2D eigenvalue weighted by molar-refractivity contribution is 7.92. The van der Waals surface area contributed by atoms with Crippen LogP contribution in [-0.2, 0) is 20.2 Å². The number of carbonyl (C=O) groups excluding carboxylic acids is 2. The van der Waals surface area contributed by atoms with E-state index in [1.165, 1.54) is 24.3 Å². The van der Waals surface area contributed by atoms with Gasteiger partial charge in [-0.05, 0) is 59.5 Å². The Hall–Kier alpha value is -4.30. The van der Waals surface area contributed by atoms with Crippen LogP contribution >= 0.6 is 0 Å². The summed E-state index contributed by atoms with van der Waals surface area (Å²) in [4.78, 5) is 26.1. The van der Waals surface area contributed by atoms with Gasteiger partial charge in [-0.3, -0.25) is 13.9 Å². The van der Waals surface area contributed by atoms with Gasteiger partial charge in [0.1, 0.15) is 12.4 Å². The molecule has 0 radical (unpaired) electrons. The highest BCUT2D eigenvalue weighted by Gasteiger charge is 2.27. The monoisotopic (exact) mass is 544 g/mol. The first kappa shape index (κ1) is 27.7. The van der Waals surface area contributed by atoms with Crippen LogP contribution in [0.15, 0.2) is 108 Å². The third-order valence-electron chi connectivity index (χ3n) is 6.15. The van der Waals surface area contributed by atoms with E-state index in [-0.39, 0.29) is 21.8 Å². The fraction of sp³-hybridized carbons (Fsp3) is 0.161. The quantitative estimate of drug-likeness (QED) is 0.268. The average molecular weight is 545 g/mol. The van der Waals surface area contributed by atoms with E-state index < -0.39 is 28.3 Å².